The van der Waals surface area contributed by atoms with Crippen molar-refractivity contribution in [3.63, 3.8) is 0 Å². The summed E-state index contributed by atoms with van der Waals surface area (Å²) in [6, 6.07) is 0.939. The van der Waals surface area contributed by atoms with Gasteiger partial charge in [0.2, 0.25) is 0 Å². The summed E-state index contributed by atoms with van der Waals surface area (Å²) in [5.41, 5.74) is 0. The smallest absolute Gasteiger partial charge is 0.111 e. The third kappa shape index (κ3) is 3.22. The second kappa shape index (κ2) is 6.18. The minimum absolute atomic E-state index is 0.424. The Morgan fingerprint density at radius 2 is 2.47 bits per heavy atom. The fourth-order valence-corrected chi connectivity index (χ4v) is 4.44. The van der Waals surface area contributed by atoms with Crippen molar-refractivity contribution in [3.8, 4) is 0 Å². The highest BCUT2D eigenvalue weighted by Crippen LogP contribution is 2.32. The predicted octanol–water partition coefficient (Wildman–Crippen LogP) is 2.53. The third-order valence-electron chi connectivity index (χ3n) is 3.16. The van der Waals surface area contributed by atoms with Crippen LogP contribution >= 0.6 is 23.1 Å². The van der Waals surface area contributed by atoms with Crippen molar-refractivity contribution in [2.24, 2.45) is 0 Å². The van der Waals surface area contributed by atoms with Crippen molar-refractivity contribution in [2.45, 2.75) is 25.9 Å². The number of nitrogens with one attached hydrogen (secondary N) is 1. The van der Waals surface area contributed by atoms with Gasteiger partial charge in [-0.2, -0.15) is 11.8 Å². The van der Waals surface area contributed by atoms with Gasteiger partial charge in [0.15, 0.2) is 0 Å². The van der Waals surface area contributed by atoms with Crippen molar-refractivity contribution < 1.29 is 0 Å². The zero-order valence-electron chi connectivity index (χ0n) is 10.8. The van der Waals surface area contributed by atoms with Crippen LogP contribution in [-0.4, -0.2) is 41.5 Å². The summed E-state index contributed by atoms with van der Waals surface area (Å²) in [7, 11) is 2.21. The molecule has 1 fully saturated rings. The van der Waals surface area contributed by atoms with Crippen molar-refractivity contribution in [1.82, 2.24) is 15.2 Å². The van der Waals surface area contributed by atoms with Crippen LogP contribution in [0.3, 0.4) is 0 Å². The quantitative estimate of drug-likeness (QED) is 0.911. The average molecular weight is 271 g/mol. The lowest BCUT2D eigenvalue weighted by molar-refractivity contribution is 0.274. The van der Waals surface area contributed by atoms with Crippen LogP contribution in [0.4, 0.5) is 0 Å². The SMILES string of the molecule is CCNC(C)c1cnc(C2CSCCN2C)s1. The van der Waals surface area contributed by atoms with Crippen LogP contribution in [0.1, 0.15) is 35.8 Å². The van der Waals surface area contributed by atoms with E-state index in [1.54, 1.807) is 0 Å². The molecule has 0 saturated carbocycles. The molecule has 1 aromatic rings. The van der Waals surface area contributed by atoms with E-state index in [-0.39, 0.29) is 0 Å². The number of rotatable bonds is 4. The van der Waals surface area contributed by atoms with Crippen LogP contribution in [0, 0.1) is 0 Å². The van der Waals surface area contributed by atoms with Gasteiger partial charge in [-0.3, -0.25) is 4.90 Å². The minimum Gasteiger partial charge on any atom is -0.310 e. The highest BCUT2D eigenvalue weighted by molar-refractivity contribution is 7.99. The maximum absolute atomic E-state index is 4.62. The molecule has 1 saturated heterocycles. The molecule has 2 unspecified atom stereocenters. The van der Waals surface area contributed by atoms with Crippen LogP contribution in [0.2, 0.25) is 0 Å². The summed E-state index contributed by atoms with van der Waals surface area (Å²) in [6.07, 6.45) is 2.04. The van der Waals surface area contributed by atoms with Crippen LogP contribution < -0.4 is 5.32 Å². The first kappa shape index (κ1) is 13.3. The highest BCUT2D eigenvalue weighted by Gasteiger charge is 2.24. The molecule has 1 aliphatic rings. The average Bonchev–Trinajstić information content (AvgIpc) is 2.79. The van der Waals surface area contributed by atoms with E-state index in [0.717, 1.165) is 6.54 Å². The maximum Gasteiger partial charge on any atom is 0.111 e. The van der Waals surface area contributed by atoms with Crippen molar-refractivity contribution in [2.75, 3.05) is 31.6 Å². The molecule has 2 rings (SSSR count). The number of thiazole rings is 1. The standard InChI is InChI=1S/C12H21N3S2/c1-4-13-9(2)11-7-14-12(17-11)10-8-16-6-5-15(10)3/h7,9-10,13H,4-6,8H2,1-3H3. The molecule has 1 N–H and O–H groups in total. The molecule has 96 valence electrons. The molecular formula is C12H21N3S2. The first-order valence-electron chi connectivity index (χ1n) is 6.19. The topological polar surface area (TPSA) is 28.2 Å². The van der Waals surface area contributed by atoms with Crippen LogP contribution in [0.25, 0.3) is 0 Å². The number of aromatic nitrogens is 1. The molecule has 5 heteroatoms. The molecular weight excluding hydrogens is 250 g/mol. The van der Waals surface area contributed by atoms with E-state index in [9.17, 15) is 0 Å². The van der Waals surface area contributed by atoms with E-state index >= 15 is 0 Å². The molecule has 0 aromatic carbocycles. The molecule has 2 atom stereocenters. The summed E-state index contributed by atoms with van der Waals surface area (Å²) in [4.78, 5) is 8.40. The van der Waals surface area contributed by atoms with Gasteiger partial charge in [0, 0.05) is 35.2 Å². The number of nitrogens with zero attached hydrogens (tertiary/aromatic N) is 2. The Morgan fingerprint density at radius 3 is 3.18 bits per heavy atom. The Labute approximate surface area is 112 Å². The van der Waals surface area contributed by atoms with Crippen molar-refractivity contribution in [1.29, 1.82) is 0 Å². The zero-order valence-corrected chi connectivity index (χ0v) is 12.4. The first-order valence-corrected chi connectivity index (χ1v) is 8.16. The van der Waals surface area contributed by atoms with Crippen molar-refractivity contribution in [3.05, 3.63) is 16.1 Å². The van der Waals surface area contributed by atoms with Gasteiger partial charge in [-0.05, 0) is 20.5 Å². The monoisotopic (exact) mass is 271 g/mol. The van der Waals surface area contributed by atoms with Gasteiger partial charge in [-0.1, -0.05) is 6.92 Å². The minimum atomic E-state index is 0.424. The van der Waals surface area contributed by atoms with Crippen LogP contribution in [0.5, 0.6) is 0 Å². The summed E-state index contributed by atoms with van der Waals surface area (Å²) in [5.74, 6) is 2.43. The van der Waals surface area contributed by atoms with E-state index in [4.69, 9.17) is 0 Å². The van der Waals surface area contributed by atoms with Gasteiger partial charge < -0.3 is 5.32 Å². The Balaban J connectivity index is 2.06. The Hall–Kier alpha value is -0.100. The molecule has 0 amide bonds. The number of hydrogen-bond acceptors (Lipinski definition) is 5. The molecule has 0 bridgehead atoms. The third-order valence-corrected chi connectivity index (χ3v) is 5.46. The zero-order chi connectivity index (χ0) is 12.3. The number of hydrogen-bond donors (Lipinski definition) is 1. The Morgan fingerprint density at radius 1 is 1.65 bits per heavy atom. The van der Waals surface area contributed by atoms with Gasteiger partial charge in [-0.25, -0.2) is 4.98 Å². The van der Waals surface area contributed by atoms with E-state index in [1.807, 2.05) is 29.3 Å². The molecule has 1 aliphatic heterocycles. The number of thioether (sulfide) groups is 1. The second-order valence-corrected chi connectivity index (χ2v) is 6.70. The molecule has 2 heterocycles. The molecule has 17 heavy (non-hydrogen) atoms. The largest absolute Gasteiger partial charge is 0.310 e. The van der Waals surface area contributed by atoms with Gasteiger partial charge in [-0.15, -0.1) is 11.3 Å². The molecule has 0 spiro atoms. The molecule has 1 aromatic heterocycles. The van der Waals surface area contributed by atoms with Gasteiger partial charge in [0.1, 0.15) is 5.01 Å². The highest BCUT2D eigenvalue weighted by atomic mass is 32.2. The lowest BCUT2D eigenvalue weighted by Crippen LogP contribution is -2.32. The van der Waals surface area contributed by atoms with E-state index in [0.29, 0.717) is 12.1 Å². The maximum atomic E-state index is 4.62. The van der Waals surface area contributed by atoms with Crippen LogP contribution in [0.15, 0.2) is 6.20 Å². The lowest BCUT2D eigenvalue weighted by Gasteiger charge is -2.30. The lowest BCUT2D eigenvalue weighted by atomic mass is 10.3. The van der Waals surface area contributed by atoms with Gasteiger partial charge >= 0.3 is 0 Å². The Kier molecular flexibility index (Phi) is 4.85. The van der Waals surface area contributed by atoms with Gasteiger partial charge in [0.05, 0.1) is 6.04 Å². The van der Waals surface area contributed by atoms with Gasteiger partial charge in [0.25, 0.3) is 0 Å². The fraction of sp³-hybridized carbons (Fsp3) is 0.750. The molecule has 3 nitrogen and oxygen atoms in total. The second-order valence-electron chi connectivity index (χ2n) is 4.45. The van der Waals surface area contributed by atoms with E-state index < -0.39 is 0 Å². The summed E-state index contributed by atoms with van der Waals surface area (Å²) < 4.78 is 0. The molecule has 0 radical (unpaired) electrons. The summed E-state index contributed by atoms with van der Waals surface area (Å²) in [6.45, 7) is 6.53. The van der Waals surface area contributed by atoms with Crippen LogP contribution in [-0.2, 0) is 0 Å². The summed E-state index contributed by atoms with van der Waals surface area (Å²) >= 11 is 3.90. The summed E-state index contributed by atoms with van der Waals surface area (Å²) in [5, 5.41) is 4.72. The van der Waals surface area contributed by atoms with E-state index in [1.165, 1.54) is 27.9 Å². The first-order chi connectivity index (χ1) is 8.22. The Bertz CT molecular complexity index is 353. The predicted molar refractivity (Wildman–Crippen MR) is 76.9 cm³/mol. The van der Waals surface area contributed by atoms with E-state index in [2.05, 4.69) is 36.1 Å². The fourth-order valence-electron chi connectivity index (χ4n) is 2.01. The molecule has 0 aliphatic carbocycles. The normalized spacial score (nSPS) is 23.8. The van der Waals surface area contributed by atoms with Crippen molar-refractivity contribution >= 4 is 23.1 Å².